The molecule has 0 aromatic heterocycles. The lowest BCUT2D eigenvalue weighted by Gasteiger charge is -2.24. The van der Waals surface area contributed by atoms with Crippen molar-refractivity contribution in [2.45, 2.75) is 24.4 Å². The summed E-state index contributed by atoms with van der Waals surface area (Å²) in [7, 11) is -3.11. The van der Waals surface area contributed by atoms with Crippen LogP contribution in [0, 0.1) is 0 Å². The maximum atomic E-state index is 11.3. The summed E-state index contributed by atoms with van der Waals surface area (Å²) in [5, 5.41) is 36.1. The van der Waals surface area contributed by atoms with Crippen LogP contribution in [0.5, 0.6) is 0 Å². The van der Waals surface area contributed by atoms with Crippen LogP contribution >= 0.6 is 7.68 Å². The van der Waals surface area contributed by atoms with Crippen LogP contribution in [0.4, 0.5) is 0 Å². The van der Waals surface area contributed by atoms with Crippen molar-refractivity contribution >= 4 is 19.2 Å². The lowest BCUT2D eigenvalue weighted by Crippen LogP contribution is -2.54. The molecule has 18 heavy (non-hydrogen) atoms. The van der Waals surface area contributed by atoms with E-state index in [0.717, 1.165) is 0 Å². The summed E-state index contributed by atoms with van der Waals surface area (Å²) < 4.78 is 20.5. The van der Waals surface area contributed by atoms with Gasteiger partial charge in [-0.25, -0.2) is 9.13 Å². The monoisotopic (exact) mass is 283 g/mol. The fourth-order valence-corrected chi connectivity index (χ4v) is 1.47. The van der Waals surface area contributed by atoms with Crippen LogP contribution in [0.25, 0.3) is 0 Å². The zero-order valence-electron chi connectivity index (χ0n) is 9.17. The summed E-state index contributed by atoms with van der Waals surface area (Å²) in [6, 6.07) is -1.89. The van der Waals surface area contributed by atoms with E-state index >= 15 is 0 Å². The van der Waals surface area contributed by atoms with Crippen LogP contribution < -0.4 is 5.73 Å². The zero-order chi connectivity index (χ0) is 14.5. The van der Waals surface area contributed by atoms with Crippen molar-refractivity contribution in [1.29, 1.82) is 0 Å². The first-order chi connectivity index (χ1) is 8.22. The van der Waals surface area contributed by atoms with E-state index in [9.17, 15) is 28.9 Å². The molecule has 4 atom stereocenters. The average molecular weight is 283 g/mol. The van der Waals surface area contributed by atoms with E-state index in [2.05, 4.69) is 0 Å². The van der Waals surface area contributed by atoms with Crippen molar-refractivity contribution in [3.63, 3.8) is 0 Å². The molecule has 0 spiro atoms. The topological polar surface area (TPSA) is 175 Å². The molecule has 0 amide bonds. The highest BCUT2D eigenvalue weighted by Crippen LogP contribution is 2.08. The number of aliphatic hydroxyl groups excluding tert-OH is 4. The number of carbonyl (C=O) groups is 2. The average Bonchev–Trinajstić information content (AvgIpc) is 2.33. The van der Waals surface area contributed by atoms with Crippen molar-refractivity contribution in [2.75, 3.05) is 12.8 Å². The second-order valence-electron chi connectivity index (χ2n) is 3.54. The molecular formula is C8H14NO8P. The molecule has 10 heteroatoms. The SMILES string of the molecule is N[C@@H](C(=O)C(=O)CP(=O)=O)[C@@H](O)[C@H](O)[C@H](O)CO. The quantitative estimate of drug-likeness (QED) is 0.225. The van der Waals surface area contributed by atoms with Crippen LogP contribution in [0.3, 0.4) is 0 Å². The maximum absolute atomic E-state index is 11.3. The van der Waals surface area contributed by atoms with Crippen molar-refractivity contribution in [1.82, 2.24) is 0 Å². The molecule has 0 saturated carbocycles. The van der Waals surface area contributed by atoms with Gasteiger partial charge in [0.2, 0.25) is 11.6 Å². The Morgan fingerprint density at radius 3 is 2.00 bits per heavy atom. The zero-order valence-corrected chi connectivity index (χ0v) is 10.1. The van der Waals surface area contributed by atoms with E-state index in [1.165, 1.54) is 0 Å². The van der Waals surface area contributed by atoms with Gasteiger partial charge in [0.1, 0.15) is 30.5 Å². The van der Waals surface area contributed by atoms with Gasteiger partial charge in [-0.05, 0) is 0 Å². The largest absolute Gasteiger partial charge is 0.394 e. The number of aliphatic hydroxyl groups is 4. The van der Waals surface area contributed by atoms with Crippen molar-refractivity contribution in [3.05, 3.63) is 0 Å². The predicted molar refractivity (Wildman–Crippen MR) is 56.3 cm³/mol. The minimum atomic E-state index is -3.11. The molecular weight excluding hydrogens is 269 g/mol. The third-order valence-electron chi connectivity index (χ3n) is 2.15. The van der Waals surface area contributed by atoms with E-state index in [0.29, 0.717) is 0 Å². The summed E-state index contributed by atoms with van der Waals surface area (Å²) in [4.78, 5) is 22.3. The van der Waals surface area contributed by atoms with Gasteiger partial charge in [-0.3, -0.25) is 9.59 Å². The summed E-state index contributed by atoms with van der Waals surface area (Å²) in [6.45, 7) is -0.889. The molecule has 0 aromatic carbocycles. The first kappa shape index (κ1) is 17.0. The standard InChI is InChI=1S/C8H14NO8P/c9-5(6(13)4(12)2-18(16)17)8(15)7(14)3(11)1-10/h3,5,7-8,10-11,14-15H,1-2,9H2/t3-,5+,7-,8-/m1/s1. The van der Waals surface area contributed by atoms with E-state index < -0.39 is 56.4 Å². The summed E-state index contributed by atoms with van der Waals surface area (Å²) in [5.74, 6) is -2.71. The van der Waals surface area contributed by atoms with Crippen LogP contribution in [0.1, 0.15) is 0 Å². The van der Waals surface area contributed by atoms with Gasteiger partial charge in [-0.1, -0.05) is 0 Å². The fourth-order valence-electron chi connectivity index (χ4n) is 1.08. The third-order valence-corrected chi connectivity index (χ3v) is 2.69. The Morgan fingerprint density at radius 2 is 1.61 bits per heavy atom. The van der Waals surface area contributed by atoms with Gasteiger partial charge in [0, 0.05) is 0 Å². The number of carbonyl (C=O) groups excluding carboxylic acids is 2. The van der Waals surface area contributed by atoms with Crippen molar-refractivity contribution in [3.8, 4) is 0 Å². The molecule has 6 N–H and O–H groups in total. The second-order valence-corrected chi connectivity index (χ2v) is 4.52. The minimum Gasteiger partial charge on any atom is -0.394 e. The molecule has 0 rings (SSSR count). The Bertz CT molecular complexity index is 373. The normalized spacial score (nSPS) is 17.6. The van der Waals surface area contributed by atoms with Gasteiger partial charge in [0.05, 0.1) is 6.61 Å². The lowest BCUT2D eigenvalue weighted by molar-refractivity contribution is -0.140. The maximum Gasteiger partial charge on any atom is 0.323 e. The fraction of sp³-hybridized carbons (Fsp3) is 0.750. The highest BCUT2D eigenvalue weighted by molar-refractivity contribution is 7.32. The Hall–Kier alpha value is -0.960. The Balaban J connectivity index is 4.68. The lowest BCUT2D eigenvalue weighted by atomic mass is 9.97. The smallest absolute Gasteiger partial charge is 0.323 e. The summed E-state index contributed by atoms with van der Waals surface area (Å²) in [5.41, 5.74) is 5.16. The van der Waals surface area contributed by atoms with Gasteiger partial charge >= 0.3 is 7.68 Å². The number of rotatable bonds is 8. The third kappa shape index (κ3) is 4.73. The van der Waals surface area contributed by atoms with Crippen LogP contribution in [-0.4, -0.2) is 69.1 Å². The molecule has 0 unspecified atom stereocenters. The molecule has 9 nitrogen and oxygen atoms in total. The highest BCUT2D eigenvalue weighted by atomic mass is 31.1. The van der Waals surface area contributed by atoms with E-state index in [-0.39, 0.29) is 0 Å². The van der Waals surface area contributed by atoms with Crippen molar-refractivity contribution in [2.24, 2.45) is 5.73 Å². The van der Waals surface area contributed by atoms with E-state index in [4.69, 9.17) is 15.9 Å². The predicted octanol–water partition coefficient (Wildman–Crippen LogP) is -3.30. The number of Topliss-reactive ketones (excluding diaryl/α,β-unsaturated/α-hetero) is 2. The van der Waals surface area contributed by atoms with E-state index in [1.807, 2.05) is 0 Å². The van der Waals surface area contributed by atoms with Gasteiger partial charge < -0.3 is 26.2 Å². The molecule has 0 fully saturated rings. The molecule has 0 bridgehead atoms. The van der Waals surface area contributed by atoms with Crippen LogP contribution in [0.2, 0.25) is 0 Å². The molecule has 104 valence electrons. The summed E-state index contributed by atoms with van der Waals surface area (Å²) >= 11 is 0. The number of hydrogen-bond acceptors (Lipinski definition) is 9. The van der Waals surface area contributed by atoms with Crippen LogP contribution in [0.15, 0.2) is 0 Å². The number of hydrogen-bond donors (Lipinski definition) is 5. The van der Waals surface area contributed by atoms with Gasteiger partial charge in [-0.15, -0.1) is 0 Å². The molecule has 0 aliphatic carbocycles. The highest BCUT2D eigenvalue weighted by Gasteiger charge is 2.35. The molecule has 0 heterocycles. The van der Waals surface area contributed by atoms with Gasteiger partial charge in [0.25, 0.3) is 0 Å². The Kier molecular flexibility index (Phi) is 7.07. The molecule has 0 aliphatic rings. The first-order valence-corrected chi connectivity index (χ1v) is 6.18. The Labute approximate surface area is 102 Å². The number of ketones is 2. The van der Waals surface area contributed by atoms with Crippen molar-refractivity contribution < 1.29 is 39.1 Å². The van der Waals surface area contributed by atoms with Crippen LogP contribution in [-0.2, 0) is 18.7 Å². The first-order valence-electron chi connectivity index (χ1n) is 4.81. The van der Waals surface area contributed by atoms with Gasteiger partial charge in [-0.2, -0.15) is 0 Å². The molecule has 0 radical (unpaired) electrons. The molecule has 0 aliphatic heterocycles. The van der Waals surface area contributed by atoms with Gasteiger partial charge in [0.15, 0.2) is 0 Å². The Morgan fingerprint density at radius 1 is 1.11 bits per heavy atom. The minimum absolute atomic E-state index is 0.889. The van der Waals surface area contributed by atoms with E-state index in [1.54, 1.807) is 0 Å². The number of nitrogens with two attached hydrogens (primary N) is 1. The second kappa shape index (κ2) is 7.47. The summed E-state index contributed by atoms with van der Waals surface area (Å²) in [6.07, 6.45) is -6.74. The molecule has 0 saturated heterocycles. The molecule has 0 aromatic rings.